The monoisotopic (exact) mass is 279 g/mol. The second kappa shape index (κ2) is 5.64. The largest absolute Gasteiger partial charge is 0.481 e. The van der Waals surface area contributed by atoms with E-state index in [0.29, 0.717) is 6.54 Å². The van der Waals surface area contributed by atoms with Crippen LogP contribution in [0, 0.1) is 19.3 Å². The third-order valence-corrected chi connectivity index (χ3v) is 4.22. The van der Waals surface area contributed by atoms with Gasteiger partial charge in [-0.15, -0.1) is 0 Å². The summed E-state index contributed by atoms with van der Waals surface area (Å²) in [6.07, 6.45) is 3.23. The Kier molecular flexibility index (Phi) is 4.11. The van der Waals surface area contributed by atoms with Crippen molar-refractivity contribution in [2.45, 2.75) is 46.0 Å². The van der Waals surface area contributed by atoms with Crippen molar-refractivity contribution in [3.8, 4) is 0 Å². The number of carbonyl (C=O) groups is 2. The molecule has 1 amide bonds. The van der Waals surface area contributed by atoms with Gasteiger partial charge in [0, 0.05) is 17.8 Å². The average Bonchev–Trinajstić information content (AvgIpc) is 2.64. The Bertz CT molecular complexity index is 498. The van der Waals surface area contributed by atoms with Crippen LogP contribution in [0.15, 0.2) is 0 Å². The van der Waals surface area contributed by atoms with Crippen LogP contribution in [0.25, 0.3) is 0 Å². The molecule has 1 aliphatic carbocycles. The number of amides is 1. The molecule has 1 aromatic rings. The minimum atomic E-state index is -0.791. The van der Waals surface area contributed by atoms with E-state index < -0.39 is 5.97 Å². The van der Waals surface area contributed by atoms with Crippen LogP contribution in [0.5, 0.6) is 0 Å². The molecule has 0 atom stereocenters. The maximum Gasteiger partial charge on any atom is 0.303 e. The van der Waals surface area contributed by atoms with Gasteiger partial charge in [-0.3, -0.25) is 14.7 Å². The van der Waals surface area contributed by atoms with E-state index in [9.17, 15) is 9.59 Å². The van der Waals surface area contributed by atoms with Crippen LogP contribution in [-0.2, 0) is 16.0 Å². The highest BCUT2D eigenvalue weighted by Crippen LogP contribution is 2.43. The molecule has 1 saturated carbocycles. The second-order valence-corrected chi connectivity index (χ2v) is 5.79. The van der Waals surface area contributed by atoms with E-state index in [1.54, 1.807) is 0 Å². The van der Waals surface area contributed by atoms with E-state index in [0.717, 1.165) is 36.2 Å². The predicted molar refractivity (Wildman–Crippen MR) is 73.3 cm³/mol. The third-order valence-electron chi connectivity index (χ3n) is 4.22. The summed E-state index contributed by atoms with van der Waals surface area (Å²) in [7, 11) is 0. The quantitative estimate of drug-likeness (QED) is 0.732. The van der Waals surface area contributed by atoms with Crippen molar-refractivity contribution in [3.63, 3.8) is 0 Å². The van der Waals surface area contributed by atoms with Crippen molar-refractivity contribution in [1.29, 1.82) is 0 Å². The van der Waals surface area contributed by atoms with E-state index >= 15 is 0 Å². The molecule has 6 heteroatoms. The molecule has 6 nitrogen and oxygen atoms in total. The zero-order chi connectivity index (χ0) is 14.8. The fraction of sp³-hybridized carbons (Fsp3) is 0.643. The van der Waals surface area contributed by atoms with Crippen LogP contribution in [0.2, 0.25) is 0 Å². The Balaban J connectivity index is 1.87. The first-order chi connectivity index (χ1) is 9.42. The normalized spacial score (nSPS) is 16.5. The van der Waals surface area contributed by atoms with Crippen molar-refractivity contribution in [2.75, 3.05) is 6.54 Å². The molecule has 3 N–H and O–H groups in total. The number of carboxylic acid groups (broad SMARTS) is 1. The maximum atomic E-state index is 12.0. The molecule has 0 aliphatic heterocycles. The molecule has 1 aromatic heterocycles. The molecule has 0 radical (unpaired) electrons. The van der Waals surface area contributed by atoms with Crippen molar-refractivity contribution in [2.24, 2.45) is 5.41 Å². The number of nitrogens with zero attached hydrogens (tertiary/aromatic N) is 1. The molecule has 110 valence electrons. The first kappa shape index (κ1) is 14.6. The summed E-state index contributed by atoms with van der Waals surface area (Å²) in [4.78, 5) is 22.9. The zero-order valence-corrected chi connectivity index (χ0v) is 12.0. The number of aromatic nitrogens is 2. The topological polar surface area (TPSA) is 95.1 Å². The Morgan fingerprint density at radius 3 is 2.55 bits per heavy atom. The number of carbonyl (C=O) groups excluding carboxylic acids is 1. The number of aryl methyl sites for hydroxylation is 2. The highest BCUT2D eigenvalue weighted by atomic mass is 16.4. The summed E-state index contributed by atoms with van der Waals surface area (Å²) >= 11 is 0. The van der Waals surface area contributed by atoms with Gasteiger partial charge in [0.05, 0.1) is 18.5 Å². The summed E-state index contributed by atoms with van der Waals surface area (Å²) in [5.74, 6) is -0.866. The second-order valence-electron chi connectivity index (χ2n) is 5.79. The summed E-state index contributed by atoms with van der Waals surface area (Å²) < 4.78 is 0. The number of carboxylic acids is 1. The zero-order valence-electron chi connectivity index (χ0n) is 12.0. The van der Waals surface area contributed by atoms with Crippen LogP contribution in [0.4, 0.5) is 0 Å². The number of aliphatic carboxylic acids is 1. The van der Waals surface area contributed by atoms with Gasteiger partial charge in [-0.25, -0.2) is 0 Å². The molecule has 0 unspecified atom stereocenters. The number of hydrogen-bond donors (Lipinski definition) is 3. The molecule has 1 aliphatic rings. The molecule has 0 aromatic carbocycles. The van der Waals surface area contributed by atoms with Crippen LogP contribution < -0.4 is 5.32 Å². The summed E-state index contributed by atoms with van der Waals surface area (Å²) in [5.41, 5.74) is 2.42. The molecule has 0 saturated heterocycles. The standard InChI is InChI=1S/C14H21N3O3/c1-9-11(10(2)17-16-9)6-12(18)15-8-14(4-3-5-14)7-13(19)20/h3-8H2,1-2H3,(H,15,18)(H,16,17)(H,19,20). The van der Waals surface area contributed by atoms with E-state index in [2.05, 4.69) is 15.5 Å². The van der Waals surface area contributed by atoms with Gasteiger partial charge in [-0.2, -0.15) is 5.10 Å². The molecule has 2 rings (SSSR count). The van der Waals surface area contributed by atoms with Gasteiger partial charge in [-0.1, -0.05) is 6.42 Å². The van der Waals surface area contributed by atoms with Gasteiger partial charge in [0.15, 0.2) is 0 Å². The Morgan fingerprint density at radius 1 is 1.40 bits per heavy atom. The van der Waals surface area contributed by atoms with Crippen LogP contribution in [0.3, 0.4) is 0 Å². The lowest BCUT2D eigenvalue weighted by atomic mass is 9.66. The lowest BCUT2D eigenvalue weighted by Crippen LogP contribution is -2.44. The van der Waals surface area contributed by atoms with E-state index in [-0.39, 0.29) is 24.2 Å². The molecule has 1 heterocycles. The van der Waals surface area contributed by atoms with Crippen molar-refractivity contribution in [3.05, 3.63) is 17.0 Å². The molecule has 1 fully saturated rings. The fourth-order valence-corrected chi connectivity index (χ4v) is 2.76. The SMILES string of the molecule is Cc1n[nH]c(C)c1CC(=O)NCC1(CC(=O)O)CCC1. The van der Waals surface area contributed by atoms with Crippen LogP contribution in [-0.4, -0.2) is 33.7 Å². The summed E-state index contributed by atoms with van der Waals surface area (Å²) in [6.45, 7) is 4.21. The highest BCUT2D eigenvalue weighted by Gasteiger charge is 2.39. The average molecular weight is 279 g/mol. The van der Waals surface area contributed by atoms with Crippen LogP contribution >= 0.6 is 0 Å². The van der Waals surface area contributed by atoms with Gasteiger partial charge in [-0.05, 0) is 32.1 Å². The minimum Gasteiger partial charge on any atom is -0.481 e. The lowest BCUT2D eigenvalue weighted by Gasteiger charge is -2.40. The fourth-order valence-electron chi connectivity index (χ4n) is 2.76. The highest BCUT2D eigenvalue weighted by molar-refractivity contribution is 5.79. The van der Waals surface area contributed by atoms with Crippen LogP contribution in [0.1, 0.15) is 42.6 Å². The Hall–Kier alpha value is -1.85. The number of nitrogens with one attached hydrogen (secondary N) is 2. The summed E-state index contributed by atoms with van der Waals surface area (Å²) in [5, 5.41) is 18.7. The Morgan fingerprint density at radius 2 is 2.10 bits per heavy atom. The van der Waals surface area contributed by atoms with Crippen molar-refractivity contribution in [1.82, 2.24) is 15.5 Å². The smallest absolute Gasteiger partial charge is 0.303 e. The number of aromatic amines is 1. The number of hydrogen-bond acceptors (Lipinski definition) is 3. The predicted octanol–water partition coefficient (Wildman–Crippen LogP) is 1.33. The van der Waals surface area contributed by atoms with E-state index in [1.807, 2.05) is 13.8 Å². The maximum absolute atomic E-state index is 12.0. The molecular weight excluding hydrogens is 258 g/mol. The number of rotatable bonds is 6. The number of H-pyrrole nitrogens is 1. The first-order valence-corrected chi connectivity index (χ1v) is 6.91. The molecular formula is C14H21N3O3. The van der Waals surface area contributed by atoms with Gasteiger partial charge in [0.1, 0.15) is 0 Å². The molecule has 20 heavy (non-hydrogen) atoms. The first-order valence-electron chi connectivity index (χ1n) is 6.91. The molecule has 0 spiro atoms. The van der Waals surface area contributed by atoms with Gasteiger partial charge < -0.3 is 10.4 Å². The van der Waals surface area contributed by atoms with Gasteiger partial charge in [0.25, 0.3) is 0 Å². The van der Waals surface area contributed by atoms with Gasteiger partial charge in [0.2, 0.25) is 5.91 Å². The van der Waals surface area contributed by atoms with Gasteiger partial charge >= 0.3 is 5.97 Å². The van der Waals surface area contributed by atoms with Crippen molar-refractivity contribution < 1.29 is 14.7 Å². The van der Waals surface area contributed by atoms with E-state index in [1.165, 1.54) is 0 Å². The molecule has 0 bridgehead atoms. The summed E-state index contributed by atoms with van der Waals surface area (Å²) in [6, 6.07) is 0. The van der Waals surface area contributed by atoms with Crippen molar-refractivity contribution >= 4 is 11.9 Å². The lowest BCUT2D eigenvalue weighted by molar-refractivity contribution is -0.141. The minimum absolute atomic E-state index is 0.0748. The third kappa shape index (κ3) is 3.18. The Labute approximate surface area is 118 Å². The van der Waals surface area contributed by atoms with E-state index in [4.69, 9.17) is 5.11 Å².